The van der Waals surface area contributed by atoms with E-state index in [0.717, 1.165) is 0 Å². The molecule has 0 saturated heterocycles. The van der Waals surface area contributed by atoms with Crippen molar-refractivity contribution in [1.82, 2.24) is 0 Å². The fraction of sp³-hybridized carbons (Fsp3) is 0.182. The molecule has 0 nitrogen and oxygen atoms in total. The Morgan fingerprint density at radius 1 is 1.07 bits per heavy atom. The van der Waals surface area contributed by atoms with Crippen LogP contribution >= 0.6 is 39.5 Å². The molecule has 4 heteroatoms. The van der Waals surface area contributed by atoms with Gasteiger partial charge in [0.1, 0.15) is 0 Å². The van der Waals surface area contributed by atoms with Gasteiger partial charge in [0.2, 0.25) is 0 Å². The summed E-state index contributed by atoms with van der Waals surface area (Å²) in [5, 5.41) is 2.75. The van der Waals surface area contributed by atoms with Gasteiger partial charge in [0.05, 0.1) is 0 Å². The van der Waals surface area contributed by atoms with E-state index in [0.29, 0.717) is 0 Å². The van der Waals surface area contributed by atoms with Crippen molar-refractivity contribution in [2.75, 3.05) is 0 Å². The Morgan fingerprint density at radius 2 is 1.67 bits per heavy atom. The van der Waals surface area contributed by atoms with Crippen molar-refractivity contribution in [3.8, 4) is 0 Å². The quantitative estimate of drug-likeness (QED) is 0.371. The number of aryl methyl sites for hydroxylation is 2. The van der Waals surface area contributed by atoms with Crippen LogP contribution in [-0.2, 0) is 11.6 Å². The van der Waals surface area contributed by atoms with Crippen LogP contribution in [-0.4, -0.2) is 0 Å². The van der Waals surface area contributed by atoms with Gasteiger partial charge in [-0.2, -0.15) is 12.1 Å². The van der Waals surface area contributed by atoms with Crippen LogP contribution in [0.2, 0.25) is 0 Å². The molecule has 0 aromatic heterocycles. The number of benzene rings is 1. The van der Waals surface area contributed by atoms with E-state index in [1.165, 1.54) is 21.9 Å². The molecule has 0 aliphatic carbocycles. The van der Waals surface area contributed by atoms with E-state index >= 15 is 0 Å². The summed E-state index contributed by atoms with van der Waals surface area (Å²) in [5.74, 6) is 0. The molecule has 0 unspecified atom stereocenters. The number of hydrogen-bond donors (Lipinski definition) is 0. The molecule has 0 amide bonds. The van der Waals surface area contributed by atoms with Gasteiger partial charge in [0, 0.05) is 0 Å². The first kappa shape index (κ1) is 14.0. The van der Waals surface area contributed by atoms with Gasteiger partial charge in [-0.05, 0) is 13.8 Å². The van der Waals surface area contributed by atoms with Gasteiger partial charge in [-0.3, -0.25) is 0 Å². The topological polar surface area (TPSA) is 0 Å². The molecule has 80 valence electrons. The zero-order chi connectivity index (χ0) is 11.4. The number of rotatable bonds is 0. The molecule has 0 aliphatic heterocycles. The van der Waals surface area contributed by atoms with Gasteiger partial charge in [-0.25, -0.2) is 0 Å². The maximum absolute atomic E-state index is 3.27. The average Bonchev–Trinajstić information content (AvgIpc) is 2.59. The summed E-state index contributed by atoms with van der Waals surface area (Å²) in [6.07, 6.45) is 0. The summed E-state index contributed by atoms with van der Waals surface area (Å²) in [7, 11) is 0. The monoisotopic (exact) mass is 428 g/mol. The van der Waals surface area contributed by atoms with Gasteiger partial charge in [0.25, 0.3) is 0 Å². The summed E-state index contributed by atoms with van der Waals surface area (Å²) in [6.45, 7) is 4.33. The summed E-state index contributed by atoms with van der Waals surface area (Å²) < 4.78 is 0. The molecule has 0 aliphatic rings. The molecule has 0 heterocycles. The molecular weight excluding hydrogens is 420 g/mol. The van der Waals surface area contributed by atoms with Gasteiger partial charge in [-0.15, -0.1) is 29.0 Å². The van der Waals surface area contributed by atoms with Crippen molar-refractivity contribution in [3.05, 3.63) is 41.5 Å². The van der Waals surface area contributed by atoms with Crippen LogP contribution < -0.4 is 0 Å². The third-order valence-corrected chi connectivity index (χ3v) is 2.36. The third-order valence-electron chi connectivity index (χ3n) is 2.36. The van der Waals surface area contributed by atoms with Gasteiger partial charge < -0.3 is 0 Å². The predicted molar refractivity (Wildman–Crippen MR) is 75.8 cm³/mol. The molecule has 2 aromatic carbocycles. The molecular formula is C11H11Br3Ti. The number of halogens is 3. The minimum atomic E-state index is -0.896. The van der Waals surface area contributed by atoms with Gasteiger partial charge in [-0.1, -0.05) is 11.1 Å². The molecule has 0 bridgehead atoms. The Labute approximate surface area is 116 Å². The van der Waals surface area contributed by atoms with E-state index < -0.39 is 11.6 Å². The van der Waals surface area contributed by atoms with Crippen molar-refractivity contribution in [2.24, 2.45) is 0 Å². The summed E-state index contributed by atoms with van der Waals surface area (Å²) in [6, 6.07) is 10.8. The van der Waals surface area contributed by atoms with E-state index in [9.17, 15) is 0 Å². The van der Waals surface area contributed by atoms with E-state index in [4.69, 9.17) is 0 Å². The van der Waals surface area contributed by atoms with Crippen LogP contribution in [0, 0.1) is 13.8 Å². The van der Waals surface area contributed by atoms with Crippen LogP contribution in [0.3, 0.4) is 0 Å². The Morgan fingerprint density at radius 3 is 2.27 bits per heavy atom. The molecule has 0 spiro atoms. The van der Waals surface area contributed by atoms with E-state index in [2.05, 4.69) is 83.7 Å². The van der Waals surface area contributed by atoms with Crippen LogP contribution in [0.15, 0.2) is 30.3 Å². The number of hydrogen-bond acceptors (Lipinski definition) is 0. The summed E-state index contributed by atoms with van der Waals surface area (Å²) in [5.41, 5.74) is 2.79. The van der Waals surface area contributed by atoms with E-state index in [-0.39, 0.29) is 0 Å². The second kappa shape index (κ2) is 6.65. The van der Waals surface area contributed by atoms with Gasteiger partial charge in [0.15, 0.2) is 0 Å². The summed E-state index contributed by atoms with van der Waals surface area (Å²) in [4.78, 5) is 0. The standard InChI is InChI=1S/C11H11.3BrH.Ti/c1-8-6-7-10-4-3-5-11(10)9(8)2;;;;/h3-7H,1-2H3;3*1H;/q-1;;;;+4/p-3. The first-order chi connectivity index (χ1) is 7.02. The molecule has 0 saturated carbocycles. The Bertz CT molecular complexity index is 432. The Kier molecular flexibility index (Phi) is 6.23. The molecule has 2 rings (SSSR count). The second-order valence-corrected chi connectivity index (χ2v) is 26.9. The average molecular weight is 431 g/mol. The zero-order valence-electron chi connectivity index (χ0n) is 8.52. The predicted octanol–water partition coefficient (Wildman–Crippen LogP) is 5.71. The minimum absolute atomic E-state index is 0.896. The third kappa shape index (κ3) is 4.39. The normalized spacial score (nSPS) is 9.67. The van der Waals surface area contributed by atoms with Crippen molar-refractivity contribution >= 4 is 50.3 Å². The SMILES string of the molecule is Cc1ccc2[cH-]ccc2c1C.[Br][Ti+]([Br])[Br]. The first-order valence-electron chi connectivity index (χ1n) is 4.47. The van der Waals surface area contributed by atoms with E-state index in [1.54, 1.807) is 0 Å². The molecule has 0 fully saturated rings. The molecule has 0 radical (unpaired) electrons. The van der Waals surface area contributed by atoms with Crippen molar-refractivity contribution < 1.29 is 11.6 Å². The second-order valence-electron chi connectivity index (χ2n) is 3.25. The fourth-order valence-electron chi connectivity index (χ4n) is 1.47. The van der Waals surface area contributed by atoms with E-state index in [1.807, 2.05) is 0 Å². The molecule has 2 aromatic rings. The van der Waals surface area contributed by atoms with Crippen LogP contribution in [0.1, 0.15) is 11.1 Å². The molecule has 0 N–H and O–H groups in total. The Balaban J connectivity index is 0.000000245. The molecule has 15 heavy (non-hydrogen) atoms. The van der Waals surface area contributed by atoms with Gasteiger partial charge >= 0.3 is 51.1 Å². The Hall–Kier alpha value is 0.984. The fourth-order valence-corrected chi connectivity index (χ4v) is 1.47. The van der Waals surface area contributed by atoms with Crippen LogP contribution in [0.5, 0.6) is 0 Å². The first-order valence-corrected chi connectivity index (χ1v) is 16.1. The van der Waals surface area contributed by atoms with Crippen LogP contribution in [0.25, 0.3) is 10.8 Å². The summed E-state index contributed by atoms with van der Waals surface area (Å²) >= 11 is 8.92. The van der Waals surface area contributed by atoms with Crippen LogP contribution in [0.4, 0.5) is 0 Å². The van der Waals surface area contributed by atoms with Crippen molar-refractivity contribution in [2.45, 2.75) is 13.8 Å². The van der Waals surface area contributed by atoms with Crippen molar-refractivity contribution in [1.29, 1.82) is 0 Å². The zero-order valence-corrected chi connectivity index (χ0v) is 14.8. The molecule has 0 atom stereocenters. The number of fused-ring (bicyclic) bond motifs is 1. The van der Waals surface area contributed by atoms with Crippen molar-refractivity contribution in [3.63, 3.8) is 0 Å². The maximum atomic E-state index is 3.27.